The van der Waals surface area contributed by atoms with E-state index in [4.69, 9.17) is 5.26 Å². The van der Waals surface area contributed by atoms with Gasteiger partial charge in [0.15, 0.2) is 0 Å². The Morgan fingerprint density at radius 3 is 1.83 bits per heavy atom. The molecule has 0 aromatic heterocycles. The molecule has 0 aliphatic rings. The molecule has 0 atom stereocenters. The third-order valence-corrected chi connectivity index (χ3v) is 4.24. The number of benzene rings is 1. The van der Waals surface area contributed by atoms with Crippen LogP contribution in [-0.2, 0) is 19.3 Å². The molecule has 0 aliphatic carbocycles. The van der Waals surface area contributed by atoms with Crippen LogP contribution in [0, 0.1) is 11.3 Å². The minimum absolute atomic E-state index is 1.18. The van der Waals surface area contributed by atoms with Crippen molar-refractivity contribution >= 4 is 6.08 Å². The molecule has 0 bridgehead atoms. The lowest BCUT2D eigenvalue weighted by Crippen LogP contribution is -2.04. The summed E-state index contributed by atoms with van der Waals surface area (Å²) in [7, 11) is 0. The molecule has 0 saturated heterocycles. The maximum absolute atomic E-state index is 7.51. The molecule has 1 aromatic carbocycles. The Morgan fingerprint density at radius 1 is 0.875 bits per heavy atom. The van der Waals surface area contributed by atoms with E-state index in [1.54, 1.807) is 22.8 Å². The Kier molecular flexibility index (Phi) is 13.6. The molecule has 0 N–H and O–H groups in total. The van der Waals surface area contributed by atoms with Crippen LogP contribution in [0.4, 0.5) is 0 Å². The summed E-state index contributed by atoms with van der Waals surface area (Å²) in [6, 6.07) is 6.34. The van der Waals surface area contributed by atoms with Crippen LogP contribution in [0.5, 0.6) is 0 Å². The minimum Gasteiger partial charge on any atom is -0.193 e. The van der Waals surface area contributed by atoms with E-state index < -0.39 is 0 Å². The molecule has 0 amide bonds. The Morgan fingerprint density at radius 2 is 1.38 bits per heavy atom. The first-order valence-electron chi connectivity index (χ1n) is 9.46. The van der Waals surface area contributed by atoms with Gasteiger partial charge < -0.3 is 0 Å². The normalized spacial score (nSPS) is 9.58. The predicted molar refractivity (Wildman–Crippen MR) is 108 cm³/mol. The van der Waals surface area contributed by atoms with Crippen LogP contribution in [0.25, 0.3) is 6.08 Å². The summed E-state index contributed by atoms with van der Waals surface area (Å²) >= 11 is 0. The van der Waals surface area contributed by atoms with Crippen molar-refractivity contribution in [3.05, 3.63) is 53.6 Å². The summed E-state index contributed by atoms with van der Waals surface area (Å²) < 4.78 is 0. The number of hydrogen-bond donors (Lipinski definition) is 0. The standard InChI is InChI=1S/C20H32.C3H3N/c1-5-9-12-18-16-15-17(8-4)19(13-10-6-2)20(18)14-11-7-3;1-2-3-4/h8,15-16H,4-7,9-14H2,1-3H3;2H,1H2. The van der Waals surface area contributed by atoms with Crippen LogP contribution in [0.15, 0.2) is 31.4 Å². The molecule has 1 rings (SSSR count). The number of nitriles is 1. The van der Waals surface area contributed by atoms with Crippen molar-refractivity contribution in [3.63, 3.8) is 0 Å². The van der Waals surface area contributed by atoms with Crippen molar-refractivity contribution in [2.75, 3.05) is 0 Å². The zero-order chi connectivity index (χ0) is 18.2. The first-order chi connectivity index (χ1) is 11.7. The topological polar surface area (TPSA) is 23.8 Å². The third kappa shape index (κ3) is 8.16. The Labute approximate surface area is 150 Å². The third-order valence-electron chi connectivity index (χ3n) is 4.24. The van der Waals surface area contributed by atoms with Crippen molar-refractivity contribution in [2.24, 2.45) is 0 Å². The van der Waals surface area contributed by atoms with E-state index >= 15 is 0 Å². The lowest BCUT2D eigenvalue weighted by molar-refractivity contribution is 0.734. The number of aryl methyl sites for hydroxylation is 1. The first kappa shape index (κ1) is 22.2. The smallest absolute Gasteiger partial charge is 0.0905 e. The molecule has 1 nitrogen and oxygen atoms in total. The fraction of sp³-hybridized carbons (Fsp3) is 0.522. The number of hydrogen-bond acceptors (Lipinski definition) is 1. The lowest BCUT2D eigenvalue weighted by Gasteiger charge is -2.18. The number of rotatable bonds is 10. The molecular formula is C23H35N. The Bertz CT molecular complexity index is 520. The van der Waals surface area contributed by atoms with Crippen LogP contribution < -0.4 is 0 Å². The quantitative estimate of drug-likeness (QED) is 0.423. The van der Waals surface area contributed by atoms with E-state index in [9.17, 15) is 0 Å². The van der Waals surface area contributed by atoms with Gasteiger partial charge in [-0.3, -0.25) is 0 Å². The molecule has 0 unspecified atom stereocenters. The monoisotopic (exact) mass is 325 g/mol. The van der Waals surface area contributed by atoms with E-state index in [-0.39, 0.29) is 0 Å². The highest BCUT2D eigenvalue weighted by Gasteiger charge is 2.11. The largest absolute Gasteiger partial charge is 0.193 e. The second-order valence-corrected chi connectivity index (χ2v) is 6.12. The fourth-order valence-corrected chi connectivity index (χ4v) is 2.87. The van der Waals surface area contributed by atoms with E-state index in [0.29, 0.717) is 0 Å². The molecule has 1 aromatic rings. The highest BCUT2D eigenvalue weighted by Crippen LogP contribution is 2.26. The van der Waals surface area contributed by atoms with Crippen molar-refractivity contribution in [3.8, 4) is 6.07 Å². The molecule has 132 valence electrons. The molecule has 24 heavy (non-hydrogen) atoms. The van der Waals surface area contributed by atoms with Gasteiger partial charge in [-0.15, -0.1) is 0 Å². The van der Waals surface area contributed by atoms with E-state index in [1.165, 1.54) is 69.4 Å². The molecule has 0 aliphatic heterocycles. The van der Waals surface area contributed by atoms with Crippen molar-refractivity contribution in [1.82, 2.24) is 0 Å². The zero-order valence-corrected chi connectivity index (χ0v) is 16.0. The van der Waals surface area contributed by atoms with Crippen LogP contribution in [0.2, 0.25) is 0 Å². The Balaban J connectivity index is 0.00000118. The van der Waals surface area contributed by atoms with Gasteiger partial charge in [0, 0.05) is 6.08 Å². The lowest BCUT2D eigenvalue weighted by atomic mass is 9.88. The molecule has 0 saturated carbocycles. The average Bonchev–Trinajstić information content (AvgIpc) is 2.63. The van der Waals surface area contributed by atoms with Gasteiger partial charge in [0.1, 0.15) is 0 Å². The van der Waals surface area contributed by atoms with Gasteiger partial charge >= 0.3 is 0 Å². The summed E-state index contributed by atoms with van der Waals surface area (Å²) in [5, 5.41) is 7.51. The van der Waals surface area contributed by atoms with Gasteiger partial charge in [-0.05, 0) is 60.8 Å². The molecule has 0 radical (unpaired) electrons. The summed E-state index contributed by atoms with van der Waals surface area (Å²) in [6.07, 6.45) is 14.7. The first-order valence-corrected chi connectivity index (χ1v) is 9.46. The predicted octanol–water partition coefficient (Wildman–Crippen LogP) is 7.05. The van der Waals surface area contributed by atoms with E-state index in [0.717, 1.165) is 0 Å². The Hall–Kier alpha value is -1.81. The molecule has 1 heteroatoms. The summed E-state index contributed by atoms with van der Waals surface area (Å²) in [5.74, 6) is 0. The van der Waals surface area contributed by atoms with Crippen molar-refractivity contribution in [1.29, 1.82) is 5.26 Å². The molecular weight excluding hydrogens is 290 g/mol. The number of nitrogens with zero attached hydrogens (tertiary/aromatic N) is 1. The van der Waals surface area contributed by atoms with Crippen molar-refractivity contribution in [2.45, 2.75) is 78.6 Å². The maximum atomic E-state index is 7.51. The van der Waals surface area contributed by atoms with Crippen LogP contribution in [-0.4, -0.2) is 0 Å². The summed E-state index contributed by atoms with van der Waals surface area (Å²) in [4.78, 5) is 0. The van der Waals surface area contributed by atoms with E-state index in [2.05, 4.69) is 46.1 Å². The van der Waals surface area contributed by atoms with Crippen LogP contribution in [0.3, 0.4) is 0 Å². The van der Waals surface area contributed by atoms with E-state index in [1.807, 2.05) is 6.08 Å². The van der Waals surface area contributed by atoms with Gasteiger partial charge in [-0.2, -0.15) is 5.26 Å². The van der Waals surface area contributed by atoms with Gasteiger partial charge in [-0.1, -0.05) is 71.4 Å². The SMILES string of the molecule is C=CC#N.C=Cc1ccc(CCCC)c(CCCC)c1CCCC. The summed E-state index contributed by atoms with van der Waals surface area (Å²) in [5.41, 5.74) is 6.19. The summed E-state index contributed by atoms with van der Waals surface area (Å²) in [6.45, 7) is 14.0. The van der Waals surface area contributed by atoms with Crippen LogP contribution >= 0.6 is 0 Å². The average molecular weight is 326 g/mol. The molecule has 0 fully saturated rings. The maximum Gasteiger partial charge on any atom is 0.0905 e. The highest BCUT2D eigenvalue weighted by molar-refractivity contribution is 5.56. The van der Waals surface area contributed by atoms with Gasteiger partial charge in [0.25, 0.3) is 0 Å². The second-order valence-electron chi connectivity index (χ2n) is 6.12. The molecule has 0 spiro atoms. The second kappa shape index (κ2) is 14.8. The zero-order valence-electron chi connectivity index (χ0n) is 16.0. The number of allylic oxidation sites excluding steroid dienone is 1. The minimum atomic E-state index is 1.18. The number of unbranched alkanes of at least 4 members (excludes halogenated alkanes) is 3. The molecule has 0 heterocycles. The highest BCUT2D eigenvalue weighted by atomic mass is 14.2. The van der Waals surface area contributed by atoms with Gasteiger partial charge in [0.05, 0.1) is 6.07 Å². The van der Waals surface area contributed by atoms with Crippen molar-refractivity contribution < 1.29 is 0 Å². The van der Waals surface area contributed by atoms with Gasteiger partial charge in [-0.25, -0.2) is 0 Å². The fourth-order valence-electron chi connectivity index (χ4n) is 2.87. The van der Waals surface area contributed by atoms with Gasteiger partial charge in [0.2, 0.25) is 0 Å². The van der Waals surface area contributed by atoms with Crippen LogP contribution in [0.1, 0.15) is 81.5 Å².